The smallest absolute Gasteiger partial charge is 0.433 e. The molecule has 1 aliphatic rings. The van der Waals surface area contributed by atoms with Crippen LogP contribution in [0.3, 0.4) is 0 Å². The van der Waals surface area contributed by atoms with Gasteiger partial charge in [0.2, 0.25) is 5.69 Å². The summed E-state index contributed by atoms with van der Waals surface area (Å²) in [6, 6.07) is 5.97. The minimum absolute atomic E-state index is 0.00374. The highest BCUT2D eigenvalue weighted by atomic mass is 32.2. The van der Waals surface area contributed by atoms with Crippen molar-refractivity contribution in [2.24, 2.45) is 0 Å². The van der Waals surface area contributed by atoms with Crippen molar-refractivity contribution in [1.29, 1.82) is 0 Å². The largest absolute Gasteiger partial charge is 0.462 e. The molecule has 25 heavy (non-hydrogen) atoms. The molecular weight excluding hydrogens is 364 g/mol. The number of non-ortho nitro benzene ring substituents is 1. The summed E-state index contributed by atoms with van der Waals surface area (Å²) >= 11 is 2.49. The number of thioether (sulfide) groups is 1. The van der Waals surface area contributed by atoms with E-state index in [1.54, 1.807) is 32.1 Å². The van der Waals surface area contributed by atoms with Crippen molar-refractivity contribution in [1.82, 2.24) is 0 Å². The van der Waals surface area contributed by atoms with Crippen LogP contribution >= 0.6 is 23.1 Å². The van der Waals surface area contributed by atoms with E-state index in [4.69, 9.17) is 4.74 Å². The zero-order valence-electron chi connectivity index (χ0n) is 13.3. The third-order valence-corrected chi connectivity index (χ3v) is 5.90. The van der Waals surface area contributed by atoms with Gasteiger partial charge in [-0.2, -0.15) is 0 Å². The molecule has 1 aromatic heterocycles. The molecule has 0 aliphatic carbocycles. The zero-order chi connectivity index (χ0) is 18.1. The highest BCUT2D eigenvalue weighted by molar-refractivity contribution is 8.05. The van der Waals surface area contributed by atoms with E-state index in [1.165, 1.54) is 39.8 Å². The van der Waals surface area contributed by atoms with Crippen LogP contribution in [0.5, 0.6) is 0 Å². The van der Waals surface area contributed by atoms with Gasteiger partial charge < -0.3 is 4.74 Å². The molecular formula is C16H13N2O5S2+. The van der Waals surface area contributed by atoms with Crippen LogP contribution in [0.25, 0.3) is 6.08 Å². The highest BCUT2D eigenvalue weighted by Gasteiger charge is 2.42. The second-order valence-corrected chi connectivity index (χ2v) is 7.39. The molecule has 0 radical (unpaired) electrons. The van der Waals surface area contributed by atoms with Crippen LogP contribution in [-0.2, 0) is 4.74 Å². The molecule has 0 amide bonds. The number of allylic oxidation sites excluding steroid dienone is 1. The molecule has 0 saturated heterocycles. The summed E-state index contributed by atoms with van der Waals surface area (Å²) in [5.74, 6) is -0.649. The Hall–Kier alpha value is -2.52. The lowest BCUT2D eigenvalue weighted by atomic mass is 10.2. The molecule has 1 aliphatic heterocycles. The topological polar surface area (TPSA) is 90.4 Å². The lowest BCUT2D eigenvalue weighted by molar-refractivity contribution is -0.606. The summed E-state index contributed by atoms with van der Waals surface area (Å²) < 4.78 is 7.19. The van der Waals surface area contributed by atoms with Crippen molar-refractivity contribution >= 4 is 46.7 Å². The molecule has 2 heterocycles. The van der Waals surface area contributed by atoms with Gasteiger partial charge in [-0.05, 0) is 42.0 Å². The Morgan fingerprint density at radius 3 is 2.60 bits per heavy atom. The number of rotatable bonds is 4. The molecule has 0 atom stereocenters. The molecule has 0 saturated carbocycles. The second kappa shape index (κ2) is 6.77. The number of ether oxygens (including phenoxy) is 1. The summed E-state index contributed by atoms with van der Waals surface area (Å²) in [4.78, 5) is 35.7. The number of fused-ring (bicyclic) bond motifs is 1. The predicted molar refractivity (Wildman–Crippen MR) is 92.8 cm³/mol. The first-order valence-corrected chi connectivity index (χ1v) is 8.97. The van der Waals surface area contributed by atoms with E-state index in [0.717, 1.165) is 0 Å². The lowest BCUT2D eigenvalue weighted by Gasteiger charge is -1.97. The minimum atomic E-state index is -0.472. The average molecular weight is 377 g/mol. The maximum atomic E-state index is 12.6. The van der Waals surface area contributed by atoms with Gasteiger partial charge in [0.1, 0.15) is 4.91 Å². The second-order valence-electron chi connectivity index (χ2n) is 5.10. The monoisotopic (exact) mass is 377 g/mol. The summed E-state index contributed by atoms with van der Waals surface area (Å²) in [5.41, 5.74) is 1.25. The number of nitrogens with zero attached hydrogens (tertiary/aromatic N) is 2. The Kier molecular flexibility index (Phi) is 4.69. The SMILES string of the molecule is CCOC(=O)c1sc2[n+](c1C)C(=O)C(=Cc1ccc([N+](=O)[O-])cc1)S2. The highest BCUT2D eigenvalue weighted by Crippen LogP contribution is 2.38. The molecule has 0 unspecified atom stereocenters. The van der Waals surface area contributed by atoms with Gasteiger partial charge in [0.15, 0.2) is 4.88 Å². The van der Waals surface area contributed by atoms with E-state index < -0.39 is 10.9 Å². The fourth-order valence-corrected chi connectivity index (χ4v) is 4.74. The van der Waals surface area contributed by atoms with Crippen LogP contribution in [0, 0.1) is 17.0 Å². The third kappa shape index (κ3) is 3.20. The van der Waals surface area contributed by atoms with Gasteiger partial charge in [0.25, 0.3) is 5.69 Å². The van der Waals surface area contributed by atoms with Crippen molar-refractivity contribution in [2.75, 3.05) is 6.61 Å². The van der Waals surface area contributed by atoms with E-state index in [0.29, 0.717) is 25.4 Å². The standard InChI is InChI=1S/C16H13N2O5S2/c1-3-23-15(20)13-9(2)17-14(19)12(24-16(17)25-13)8-10-4-6-11(7-5-10)18(21)22/h4-8H,3H2,1-2H3/q+1. The molecule has 2 aromatic rings. The summed E-state index contributed by atoms with van der Waals surface area (Å²) in [7, 11) is 0. The number of nitro groups is 1. The molecule has 1 aromatic carbocycles. The van der Waals surface area contributed by atoms with Crippen LogP contribution in [0.15, 0.2) is 33.5 Å². The summed E-state index contributed by atoms with van der Waals surface area (Å²) in [6.45, 7) is 3.71. The average Bonchev–Trinajstić information content (AvgIpc) is 3.06. The lowest BCUT2D eigenvalue weighted by Crippen LogP contribution is -2.41. The van der Waals surface area contributed by atoms with Gasteiger partial charge in [-0.25, -0.2) is 9.59 Å². The Balaban J connectivity index is 1.88. The van der Waals surface area contributed by atoms with Crippen LogP contribution in [0.2, 0.25) is 0 Å². The maximum Gasteiger partial charge on any atom is 0.433 e. The molecule has 0 spiro atoms. The summed E-state index contributed by atoms with van der Waals surface area (Å²) in [5, 5.41) is 10.7. The number of hydrogen-bond donors (Lipinski definition) is 0. The van der Waals surface area contributed by atoms with E-state index >= 15 is 0 Å². The van der Waals surface area contributed by atoms with Gasteiger partial charge in [0, 0.05) is 30.8 Å². The molecule has 9 heteroatoms. The van der Waals surface area contributed by atoms with Crippen LogP contribution in [-0.4, -0.2) is 23.4 Å². The minimum Gasteiger partial charge on any atom is -0.462 e. The van der Waals surface area contributed by atoms with Gasteiger partial charge in [-0.15, -0.1) is 4.57 Å². The van der Waals surface area contributed by atoms with Crippen molar-refractivity contribution in [2.45, 2.75) is 18.2 Å². The predicted octanol–water partition coefficient (Wildman–Crippen LogP) is 3.22. The van der Waals surface area contributed by atoms with E-state index in [2.05, 4.69) is 0 Å². The van der Waals surface area contributed by atoms with E-state index in [-0.39, 0.29) is 18.2 Å². The van der Waals surface area contributed by atoms with Crippen LogP contribution < -0.4 is 4.57 Å². The van der Waals surface area contributed by atoms with Gasteiger partial charge >= 0.3 is 16.2 Å². The number of thiazole rings is 1. The Morgan fingerprint density at radius 2 is 2.04 bits per heavy atom. The third-order valence-electron chi connectivity index (χ3n) is 3.51. The molecule has 0 bridgehead atoms. The van der Waals surface area contributed by atoms with E-state index in [9.17, 15) is 19.7 Å². The first kappa shape index (κ1) is 17.3. The van der Waals surface area contributed by atoms with Crippen molar-refractivity contribution in [3.63, 3.8) is 0 Å². The molecule has 3 rings (SSSR count). The number of esters is 1. The zero-order valence-corrected chi connectivity index (χ0v) is 15.0. The molecule has 128 valence electrons. The number of aromatic nitrogens is 1. The number of carbonyl (C=O) groups is 2. The van der Waals surface area contributed by atoms with Gasteiger partial charge in [-0.3, -0.25) is 10.1 Å². The number of hydrogen-bond acceptors (Lipinski definition) is 7. The molecule has 0 N–H and O–H groups in total. The quantitative estimate of drug-likeness (QED) is 0.267. The van der Waals surface area contributed by atoms with Crippen molar-refractivity contribution in [3.05, 3.63) is 55.4 Å². The number of nitro benzene ring substituents is 1. The number of carbonyl (C=O) groups excluding carboxylic acids is 2. The first-order chi connectivity index (χ1) is 11.9. The van der Waals surface area contributed by atoms with Crippen LogP contribution in [0.4, 0.5) is 5.69 Å². The Labute approximate surface area is 151 Å². The fourth-order valence-electron chi connectivity index (χ4n) is 2.32. The number of benzene rings is 1. The van der Waals surface area contributed by atoms with Crippen molar-refractivity contribution < 1.29 is 23.8 Å². The van der Waals surface area contributed by atoms with Crippen molar-refractivity contribution in [3.8, 4) is 0 Å². The Morgan fingerprint density at radius 1 is 1.36 bits per heavy atom. The molecule has 0 fully saturated rings. The Bertz CT molecular complexity index is 915. The van der Waals surface area contributed by atoms with E-state index in [1.807, 2.05) is 0 Å². The first-order valence-electron chi connectivity index (χ1n) is 7.33. The van der Waals surface area contributed by atoms with Crippen LogP contribution in [0.1, 0.15) is 32.6 Å². The fraction of sp³-hybridized carbons (Fsp3) is 0.188. The summed E-state index contributed by atoms with van der Waals surface area (Å²) in [6.07, 6.45) is 1.68. The van der Waals surface area contributed by atoms with Gasteiger partial charge in [-0.1, -0.05) is 0 Å². The molecule has 7 nitrogen and oxygen atoms in total. The van der Waals surface area contributed by atoms with Gasteiger partial charge in [0.05, 0.1) is 11.5 Å². The maximum absolute atomic E-state index is 12.6. The normalized spacial score (nSPS) is 14.6.